The van der Waals surface area contributed by atoms with Crippen molar-refractivity contribution in [3.63, 3.8) is 0 Å². The van der Waals surface area contributed by atoms with Crippen molar-refractivity contribution in [2.75, 3.05) is 13.6 Å². The molecule has 0 aromatic heterocycles. The van der Waals surface area contributed by atoms with E-state index in [-0.39, 0.29) is 12.5 Å². The molecule has 1 radical (unpaired) electrons. The summed E-state index contributed by atoms with van der Waals surface area (Å²) in [6.45, 7) is 1.80. The predicted molar refractivity (Wildman–Crippen MR) is 37.2 cm³/mol. The van der Waals surface area contributed by atoms with Crippen molar-refractivity contribution in [2.45, 2.75) is 13.0 Å². The number of likely N-dealkylation sites (N-methyl/N-ethyl adjacent to an activating group) is 1. The van der Waals surface area contributed by atoms with Crippen molar-refractivity contribution in [1.29, 1.82) is 0 Å². The van der Waals surface area contributed by atoms with Crippen molar-refractivity contribution in [2.24, 2.45) is 0 Å². The maximum Gasteiger partial charge on any atom is 0.234 e. The Morgan fingerprint density at radius 3 is 2.70 bits per heavy atom. The standard InChI is InChI=1S/C6H11N2O2/c1-5(4-9)8-6(10)3-7-2/h5,7H,3H2,1-2H3,(H,8,10)/t5-/m0/s1. The summed E-state index contributed by atoms with van der Waals surface area (Å²) in [6.07, 6.45) is 1.64. The zero-order valence-electron chi connectivity index (χ0n) is 6.10. The molecule has 0 unspecified atom stereocenters. The third kappa shape index (κ3) is 4.03. The van der Waals surface area contributed by atoms with E-state index in [1.807, 2.05) is 0 Å². The van der Waals surface area contributed by atoms with Gasteiger partial charge in [-0.2, -0.15) is 0 Å². The third-order valence-electron chi connectivity index (χ3n) is 0.892. The molecule has 4 nitrogen and oxygen atoms in total. The molecule has 10 heavy (non-hydrogen) atoms. The highest BCUT2D eigenvalue weighted by atomic mass is 16.2. The van der Waals surface area contributed by atoms with Gasteiger partial charge in [-0.1, -0.05) is 0 Å². The molecule has 0 heterocycles. The van der Waals surface area contributed by atoms with Crippen molar-refractivity contribution in [3.05, 3.63) is 0 Å². The lowest BCUT2D eigenvalue weighted by molar-refractivity contribution is -0.120. The number of hydrogen-bond donors (Lipinski definition) is 2. The van der Waals surface area contributed by atoms with E-state index in [0.29, 0.717) is 0 Å². The number of amides is 1. The molecule has 0 bridgehead atoms. The first kappa shape index (κ1) is 9.10. The highest BCUT2D eigenvalue weighted by Gasteiger charge is 2.03. The molecule has 57 valence electrons. The van der Waals surface area contributed by atoms with Gasteiger partial charge in [0, 0.05) is 0 Å². The van der Waals surface area contributed by atoms with Crippen LogP contribution < -0.4 is 10.6 Å². The predicted octanol–water partition coefficient (Wildman–Crippen LogP) is -1.18. The van der Waals surface area contributed by atoms with E-state index in [2.05, 4.69) is 10.6 Å². The molecule has 0 aliphatic heterocycles. The first-order valence-corrected chi connectivity index (χ1v) is 3.02. The number of carbonyl (C=O) groups excluding carboxylic acids is 2. The van der Waals surface area contributed by atoms with Gasteiger partial charge in [0.05, 0.1) is 12.6 Å². The summed E-state index contributed by atoms with van der Waals surface area (Å²) in [5.41, 5.74) is 0. The molecule has 0 aromatic carbocycles. The highest BCUT2D eigenvalue weighted by Crippen LogP contribution is 1.72. The van der Waals surface area contributed by atoms with Crippen LogP contribution in [0.25, 0.3) is 0 Å². The van der Waals surface area contributed by atoms with E-state index in [4.69, 9.17) is 0 Å². The molecule has 2 N–H and O–H groups in total. The van der Waals surface area contributed by atoms with Gasteiger partial charge in [0.2, 0.25) is 12.2 Å². The minimum absolute atomic E-state index is 0.196. The Bertz CT molecular complexity index is 125. The SMILES string of the molecule is CNCC(=O)N[C@@H](C)[C]=O. The summed E-state index contributed by atoms with van der Waals surface area (Å²) in [6, 6.07) is -0.513. The summed E-state index contributed by atoms with van der Waals surface area (Å²) < 4.78 is 0. The van der Waals surface area contributed by atoms with Crippen LogP contribution in [0, 0.1) is 0 Å². The summed E-state index contributed by atoms with van der Waals surface area (Å²) in [5, 5.41) is 5.06. The van der Waals surface area contributed by atoms with Gasteiger partial charge >= 0.3 is 0 Å². The number of nitrogens with one attached hydrogen (secondary N) is 2. The van der Waals surface area contributed by atoms with Crippen LogP contribution in [-0.2, 0) is 9.59 Å². The van der Waals surface area contributed by atoms with Crippen LogP contribution in [0.5, 0.6) is 0 Å². The van der Waals surface area contributed by atoms with Crippen molar-refractivity contribution in [1.82, 2.24) is 10.6 Å². The average Bonchev–Trinajstić information content (AvgIpc) is 1.88. The summed E-state index contributed by atoms with van der Waals surface area (Å²) in [7, 11) is 1.66. The molecule has 0 saturated carbocycles. The Balaban J connectivity index is 3.46. The van der Waals surface area contributed by atoms with Gasteiger partial charge in [0.1, 0.15) is 0 Å². The number of rotatable bonds is 4. The fourth-order valence-electron chi connectivity index (χ4n) is 0.483. The summed E-state index contributed by atoms with van der Waals surface area (Å²) >= 11 is 0. The maximum atomic E-state index is 10.7. The second-order valence-electron chi connectivity index (χ2n) is 1.94. The van der Waals surface area contributed by atoms with E-state index < -0.39 is 6.04 Å². The third-order valence-corrected chi connectivity index (χ3v) is 0.892. The lowest BCUT2D eigenvalue weighted by Gasteiger charge is -2.04. The van der Waals surface area contributed by atoms with Gasteiger partial charge in [-0.25, -0.2) is 0 Å². The van der Waals surface area contributed by atoms with E-state index in [1.165, 1.54) is 0 Å². The second-order valence-corrected chi connectivity index (χ2v) is 1.94. The van der Waals surface area contributed by atoms with Crippen molar-refractivity contribution >= 4 is 12.2 Å². The van der Waals surface area contributed by atoms with Gasteiger partial charge in [0.15, 0.2) is 0 Å². The lowest BCUT2D eigenvalue weighted by atomic mass is 10.4. The summed E-state index contributed by atoms with van der Waals surface area (Å²) in [4.78, 5) is 20.5. The van der Waals surface area contributed by atoms with Crippen LogP contribution >= 0.6 is 0 Å². The van der Waals surface area contributed by atoms with Crippen LogP contribution in [0.3, 0.4) is 0 Å². The second kappa shape index (κ2) is 4.93. The molecule has 0 aliphatic carbocycles. The largest absolute Gasteiger partial charge is 0.345 e. The zero-order valence-corrected chi connectivity index (χ0v) is 6.10. The van der Waals surface area contributed by atoms with Gasteiger partial charge < -0.3 is 10.6 Å². The zero-order chi connectivity index (χ0) is 7.98. The molecule has 1 amide bonds. The Morgan fingerprint density at radius 2 is 2.30 bits per heavy atom. The van der Waals surface area contributed by atoms with Crippen LogP contribution in [0.1, 0.15) is 6.92 Å². The van der Waals surface area contributed by atoms with Crippen molar-refractivity contribution < 1.29 is 9.59 Å². The van der Waals surface area contributed by atoms with Crippen LogP contribution in [0.2, 0.25) is 0 Å². The normalized spacial score (nSPS) is 12.2. The minimum atomic E-state index is -0.513. The molecule has 0 aromatic rings. The number of carbonyl (C=O) groups is 1. The molecule has 0 aliphatic rings. The van der Waals surface area contributed by atoms with Crippen molar-refractivity contribution in [3.8, 4) is 0 Å². The molecule has 0 spiro atoms. The van der Waals surface area contributed by atoms with Gasteiger partial charge in [-0.05, 0) is 14.0 Å². The fraction of sp³-hybridized carbons (Fsp3) is 0.667. The molecule has 0 fully saturated rings. The van der Waals surface area contributed by atoms with Gasteiger partial charge in [-0.3, -0.25) is 9.59 Å². The quantitative estimate of drug-likeness (QED) is 0.521. The van der Waals surface area contributed by atoms with Gasteiger partial charge in [0.25, 0.3) is 0 Å². The Kier molecular flexibility index (Phi) is 4.49. The minimum Gasteiger partial charge on any atom is -0.345 e. The summed E-state index contributed by atoms with van der Waals surface area (Å²) in [5.74, 6) is -0.196. The van der Waals surface area contributed by atoms with Crippen LogP contribution in [-0.4, -0.2) is 31.8 Å². The Labute approximate surface area is 60.0 Å². The van der Waals surface area contributed by atoms with E-state index in [1.54, 1.807) is 20.3 Å². The molecule has 1 atom stereocenters. The smallest absolute Gasteiger partial charge is 0.234 e. The van der Waals surface area contributed by atoms with Crippen LogP contribution in [0.15, 0.2) is 0 Å². The molecule has 0 saturated heterocycles. The molecular formula is C6H11N2O2. The Morgan fingerprint density at radius 1 is 1.70 bits per heavy atom. The molecule has 0 rings (SSSR count). The highest BCUT2D eigenvalue weighted by molar-refractivity contribution is 5.81. The first-order valence-electron chi connectivity index (χ1n) is 3.02. The number of hydrogen-bond acceptors (Lipinski definition) is 3. The first-order chi connectivity index (χ1) is 4.70. The Hall–Kier alpha value is -0.900. The van der Waals surface area contributed by atoms with E-state index in [0.717, 1.165) is 0 Å². The van der Waals surface area contributed by atoms with Gasteiger partial charge in [-0.15, -0.1) is 0 Å². The van der Waals surface area contributed by atoms with E-state index >= 15 is 0 Å². The monoisotopic (exact) mass is 143 g/mol. The van der Waals surface area contributed by atoms with E-state index in [9.17, 15) is 9.59 Å². The molecule has 4 heteroatoms. The fourth-order valence-corrected chi connectivity index (χ4v) is 0.483. The van der Waals surface area contributed by atoms with Crippen LogP contribution in [0.4, 0.5) is 0 Å². The molecular weight excluding hydrogens is 132 g/mol. The topological polar surface area (TPSA) is 58.2 Å². The maximum absolute atomic E-state index is 10.7. The lowest BCUT2D eigenvalue weighted by Crippen LogP contribution is -2.38. The average molecular weight is 143 g/mol.